The van der Waals surface area contributed by atoms with Crippen LogP contribution in [-0.4, -0.2) is 32.7 Å². The zero-order valence-electron chi connectivity index (χ0n) is 12.4. The van der Waals surface area contributed by atoms with E-state index in [1.807, 2.05) is 13.8 Å². The summed E-state index contributed by atoms with van der Waals surface area (Å²) in [5.41, 5.74) is 5.25. The number of nitrogens with one attached hydrogen (secondary N) is 1. The monoisotopic (exact) mass is 288 g/mol. The minimum Gasteiger partial charge on any atom is -0.352 e. The van der Waals surface area contributed by atoms with Gasteiger partial charge in [0.15, 0.2) is 0 Å². The normalized spacial score (nSPS) is 28.4. The van der Waals surface area contributed by atoms with Crippen molar-refractivity contribution in [3.63, 3.8) is 0 Å². The molecule has 0 aliphatic heterocycles. The molecular weight excluding hydrogens is 260 g/mol. The summed E-state index contributed by atoms with van der Waals surface area (Å²) in [6.45, 7) is 5.77. The van der Waals surface area contributed by atoms with E-state index in [2.05, 4.69) is 5.32 Å². The Morgan fingerprint density at radius 3 is 2.68 bits per heavy atom. The summed E-state index contributed by atoms with van der Waals surface area (Å²) in [6.07, 6.45) is 5.45. The minimum atomic E-state index is -0.786. The van der Waals surface area contributed by atoms with Crippen LogP contribution in [-0.2, 0) is 15.6 Å². The van der Waals surface area contributed by atoms with Crippen molar-refractivity contribution in [3.8, 4) is 0 Å². The first kappa shape index (κ1) is 16.6. The van der Waals surface area contributed by atoms with E-state index in [0.29, 0.717) is 12.2 Å². The van der Waals surface area contributed by atoms with Crippen LogP contribution in [0.2, 0.25) is 0 Å². The standard InChI is InChI=1S/C14H28N2O2S/c1-4-9-14(3,15)13(17)16-11-7-6-8-12(10-11)19(18)5-2/h11-12H,4-10,15H2,1-3H3,(H,16,17). The van der Waals surface area contributed by atoms with E-state index in [4.69, 9.17) is 5.73 Å². The lowest BCUT2D eigenvalue weighted by atomic mass is 9.92. The van der Waals surface area contributed by atoms with E-state index in [1.165, 1.54) is 0 Å². The molecule has 4 unspecified atom stereocenters. The van der Waals surface area contributed by atoms with Gasteiger partial charge in [-0.15, -0.1) is 0 Å². The fourth-order valence-corrected chi connectivity index (χ4v) is 4.08. The molecule has 1 fully saturated rings. The Kier molecular flexibility index (Phi) is 6.47. The zero-order valence-corrected chi connectivity index (χ0v) is 13.2. The Bertz CT molecular complexity index is 331. The average Bonchev–Trinajstić information content (AvgIpc) is 2.38. The van der Waals surface area contributed by atoms with E-state index in [-0.39, 0.29) is 17.2 Å². The summed E-state index contributed by atoms with van der Waals surface area (Å²) in [5, 5.41) is 3.29. The van der Waals surface area contributed by atoms with Crippen LogP contribution in [0.15, 0.2) is 0 Å². The molecule has 1 aliphatic carbocycles. The van der Waals surface area contributed by atoms with Gasteiger partial charge in [-0.2, -0.15) is 0 Å². The molecule has 1 amide bonds. The van der Waals surface area contributed by atoms with Gasteiger partial charge in [-0.3, -0.25) is 9.00 Å². The Labute approximate surface area is 119 Å². The lowest BCUT2D eigenvalue weighted by Gasteiger charge is -2.32. The maximum Gasteiger partial charge on any atom is 0.240 e. The lowest BCUT2D eigenvalue weighted by molar-refractivity contribution is -0.127. The number of hydrogen-bond acceptors (Lipinski definition) is 3. The number of amides is 1. The molecule has 0 bridgehead atoms. The molecule has 0 radical (unpaired) electrons. The van der Waals surface area contributed by atoms with Gasteiger partial charge in [-0.1, -0.05) is 26.7 Å². The molecule has 0 aromatic rings. The van der Waals surface area contributed by atoms with Gasteiger partial charge in [0, 0.05) is 27.8 Å². The highest BCUT2D eigenvalue weighted by molar-refractivity contribution is 7.85. The minimum absolute atomic E-state index is 0.0673. The number of carbonyl (C=O) groups excluding carboxylic acids is 1. The summed E-state index contributed by atoms with van der Waals surface area (Å²) in [5.74, 6) is 0.637. The van der Waals surface area contributed by atoms with Crippen molar-refractivity contribution in [1.29, 1.82) is 0 Å². The van der Waals surface area contributed by atoms with Crippen molar-refractivity contribution in [2.75, 3.05) is 5.75 Å². The molecule has 0 heterocycles. The second-order valence-electron chi connectivity index (χ2n) is 5.80. The summed E-state index contributed by atoms with van der Waals surface area (Å²) in [6, 6.07) is 0.140. The summed E-state index contributed by atoms with van der Waals surface area (Å²) in [7, 11) is -0.756. The third kappa shape index (κ3) is 4.88. The molecule has 19 heavy (non-hydrogen) atoms. The van der Waals surface area contributed by atoms with Gasteiger partial charge in [-0.25, -0.2) is 0 Å². The highest BCUT2D eigenvalue weighted by atomic mass is 32.2. The van der Waals surface area contributed by atoms with Crippen LogP contribution < -0.4 is 11.1 Å². The van der Waals surface area contributed by atoms with E-state index in [9.17, 15) is 9.00 Å². The van der Waals surface area contributed by atoms with Crippen LogP contribution in [0.4, 0.5) is 0 Å². The highest BCUT2D eigenvalue weighted by Gasteiger charge is 2.32. The molecule has 1 rings (SSSR count). The first-order chi connectivity index (χ1) is 8.90. The molecule has 1 aliphatic rings. The first-order valence-corrected chi connectivity index (χ1v) is 8.76. The average molecular weight is 288 g/mol. The van der Waals surface area contributed by atoms with Gasteiger partial charge in [0.2, 0.25) is 5.91 Å². The fraction of sp³-hybridized carbons (Fsp3) is 0.929. The van der Waals surface area contributed by atoms with Gasteiger partial charge in [-0.05, 0) is 32.6 Å². The first-order valence-electron chi connectivity index (χ1n) is 7.37. The second kappa shape index (κ2) is 7.39. The third-order valence-electron chi connectivity index (χ3n) is 3.91. The molecule has 0 saturated heterocycles. The van der Waals surface area contributed by atoms with Gasteiger partial charge < -0.3 is 11.1 Å². The number of nitrogens with two attached hydrogens (primary N) is 1. The molecule has 5 heteroatoms. The largest absolute Gasteiger partial charge is 0.352 e. The molecule has 0 spiro atoms. The molecule has 0 aromatic carbocycles. The van der Waals surface area contributed by atoms with Crippen LogP contribution in [0.1, 0.15) is 59.3 Å². The summed E-state index contributed by atoms with van der Waals surface area (Å²) in [4.78, 5) is 12.2. The molecule has 4 nitrogen and oxygen atoms in total. The third-order valence-corrected chi connectivity index (χ3v) is 5.65. The number of carbonyl (C=O) groups is 1. The molecule has 1 saturated carbocycles. The predicted octanol–water partition coefficient (Wildman–Crippen LogP) is 1.70. The smallest absolute Gasteiger partial charge is 0.240 e. The summed E-state index contributed by atoms with van der Waals surface area (Å²) >= 11 is 0. The van der Waals surface area contributed by atoms with Crippen molar-refractivity contribution >= 4 is 16.7 Å². The Hall–Kier alpha value is -0.420. The van der Waals surface area contributed by atoms with E-state index < -0.39 is 16.3 Å². The second-order valence-corrected chi connectivity index (χ2v) is 7.80. The SMILES string of the molecule is CCCC(C)(N)C(=O)NC1CCCC(S(=O)CC)C1. The molecule has 0 aromatic heterocycles. The lowest BCUT2D eigenvalue weighted by Crippen LogP contribution is -2.55. The number of hydrogen-bond donors (Lipinski definition) is 2. The maximum atomic E-state index is 12.2. The van der Waals surface area contributed by atoms with Crippen LogP contribution in [0, 0.1) is 0 Å². The van der Waals surface area contributed by atoms with Crippen LogP contribution >= 0.6 is 0 Å². The fourth-order valence-electron chi connectivity index (χ4n) is 2.73. The predicted molar refractivity (Wildman–Crippen MR) is 80.4 cm³/mol. The van der Waals surface area contributed by atoms with Gasteiger partial charge in [0.25, 0.3) is 0 Å². The van der Waals surface area contributed by atoms with Crippen molar-refractivity contribution in [2.24, 2.45) is 5.73 Å². The number of rotatable bonds is 6. The van der Waals surface area contributed by atoms with Gasteiger partial charge >= 0.3 is 0 Å². The maximum absolute atomic E-state index is 12.2. The van der Waals surface area contributed by atoms with Crippen LogP contribution in [0.5, 0.6) is 0 Å². The van der Waals surface area contributed by atoms with Gasteiger partial charge in [0.05, 0.1) is 5.54 Å². The molecule has 3 N–H and O–H groups in total. The Morgan fingerprint density at radius 1 is 1.42 bits per heavy atom. The van der Waals surface area contributed by atoms with Crippen molar-refractivity contribution in [3.05, 3.63) is 0 Å². The highest BCUT2D eigenvalue weighted by Crippen LogP contribution is 2.23. The summed E-state index contributed by atoms with van der Waals surface area (Å²) < 4.78 is 11.9. The Morgan fingerprint density at radius 2 is 2.11 bits per heavy atom. The van der Waals surface area contributed by atoms with Crippen LogP contribution in [0.25, 0.3) is 0 Å². The van der Waals surface area contributed by atoms with Crippen LogP contribution in [0.3, 0.4) is 0 Å². The van der Waals surface area contributed by atoms with Gasteiger partial charge in [0.1, 0.15) is 0 Å². The Balaban J connectivity index is 2.52. The molecular formula is C14H28N2O2S. The van der Waals surface area contributed by atoms with E-state index >= 15 is 0 Å². The quantitative estimate of drug-likeness (QED) is 0.781. The van der Waals surface area contributed by atoms with Crippen molar-refractivity contribution in [2.45, 2.75) is 76.1 Å². The molecule has 4 atom stereocenters. The van der Waals surface area contributed by atoms with E-state index in [0.717, 1.165) is 32.1 Å². The van der Waals surface area contributed by atoms with E-state index in [1.54, 1.807) is 6.92 Å². The van der Waals surface area contributed by atoms with Crippen molar-refractivity contribution < 1.29 is 9.00 Å². The zero-order chi connectivity index (χ0) is 14.5. The molecule has 112 valence electrons. The van der Waals surface area contributed by atoms with Crippen molar-refractivity contribution in [1.82, 2.24) is 5.32 Å². The topological polar surface area (TPSA) is 72.2 Å².